The second kappa shape index (κ2) is 7.71. The van der Waals surface area contributed by atoms with Crippen LogP contribution < -0.4 is 10.1 Å². The number of ether oxygens (including phenoxy) is 1. The highest BCUT2D eigenvalue weighted by Crippen LogP contribution is 2.29. The van der Waals surface area contributed by atoms with Crippen molar-refractivity contribution in [3.05, 3.63) is 65.2 Å². The molecule has 0 aliphatic heterocycles. The number of benzene rings is 2. The molecule has 130 valence electrons. The van der Waals surface area contributed by atoms with Gasteiger partial charge in [0.15, 0.2) is 0 Å². The molecule has 0 spiro atoms. The first-order valence-corrected chi connectivity index (χ1v) is 7.92. The van der Waals surface area contributed by atoms with Crippen LogP contribution in [0.25, 0.3) is 0 Å². The van der Waals surface area contributed by atoms with Gasteiger partial charge in [0, 0.05) is 12.6 Å². The molecule has 0 saturated carbocycles. The summed E-state index contributed by atoms with van der Waals surface area (Å²) in [6, 6.07) is 13.1. The highest BCUT2D eigenvalue weighted by atomic mass is 19.4. The van der Waals surface area contributed by atoms with Crippen LogP contribution in [0.3, 0.4) is 0 Å². The van der Waals surface area contributed by atoms with E-state index in [9.17, 15) is 13.2 Å². The largest absolute Gasteiger partial charge is 0.491 e. The fourth-order valence-corrected chi connectivity index (χ4v) is 2.33. The highest BCUT2D eigenvalue weighted by molar-refractivity contribution is 5.31. The van der Waals surface area contributed by atoms with Crippen molar-refractivity contribution in [2.45, 2.75) is 45.6 Å². The van der Waals surface area contributed by atoms with E-state index in [0.717, 1.165) is 29.0 Å². The lowest BCUT2D eigenvalue weighted by Gasteiger charge is -2.17. The summed E-state index contributed by atoms with van der Waals surface area (Å²) >= 11 is 0. The Morgan fingerprint density at radius 1 is 1.00 bits per heavy atom. The molecule has 1 unspecified atom stereocenters. The van der Waals surface area contributed by atoms with E-state index in [4.69, 9.17) is 4.74 Å². The average Bonchev–Trinajstić information content (AvgIpc) is 2.52. The first-order valence-electron chi connectivity index (χ1n) is 7.92. The van der Waals surface area contributed by atoms with Crippen LogP contribution in [0.5, 0.6) is 5.75 Å². The van der Waals surface area contributed by atoms with Crippen molar-refractivity contribution in [3.63, 3.8) is 0 Å². The molecule has 0 bridgehead atoms. The van der Waals surface area contributed by atoms with Crippen LogP contribution in [0.2, 0.25) is 0 Å². The van der Waals surface area contributed by atoms with Gasteiger partial charge in [-0.25, -0.2) is 0 Å². The summed E-state index contributed by atoms with van der Waals surface area (Å²) in [7, 11) is 0. The van der Waals surface area contributed by atoms with Crippen LogP contribution in [0, 0.1) is 0 Å². The highest BCUT2D eigenvalue weighted by Gasteiger charge is 2.29. The maximum atomic E-state index is 12.6. The van der Waals surface area contributed by atoms with Gasteiger partial charge in [0.05, 0.1) is 11.7 Å². The van der Waals surface area contributed by atoms with Crippen molar-refractivity contribution in [1.29, 1.82) is 0 Å². The van der Waals surface area contributed by atoms with E-state index < -0.39 is 11.7 Å². The zero-order chi connectivity index (χ0) is 17.7. The minimum Gasteiger partial charge on any atom is -0.491 e. The summed E-state index contributed by atoms with van der Waals surface area (Å²) in [4.78, 5) is 0. The van der Waals surface area contributed by atoms with E-state index in [-0.39, 0.29) is 12.1 Å². The number of halogens is 3. The Hall–Kier alpha value is -2.01. The van der Waals surface area contributed by atoms with Crippen molar-refractivity contribution >= 4 is 0 Å². The third-order valence-corrected chi connectivity index (χ3v) is 3.62. The molecule has 2 nitrogen and oxygen atoms in total. The van der Waals surface area contributed by atoms with Gasteiger partial charge in [-0.2, -0.15) is 13.2 Å². The van der Waals surface area contributed by atoms with Gasteiger partial charge in [-0.15, -0.1) is 0 Å². The van der Waals surface area contributed by atoms with E-state index in [1.54, 1.807) is 0 Å². The molecule has 0 saturated heterocycles. The standard InChI is InChI=1S/C19H22F3NO/c1-13(2)24-18-6-4-5-16(11-18)14(3)23-12-15-7-9-17(10-8-15)19(20,21)22/h4-11,13-14,23H,12H2,1-3H3. The summed E-state index contributed by atoms with van der Waals surface area (Å²) in [5.41, 5.74) is 1.25. The van der Waals surface area contributed by atoms with Crippen molar-refractivity contribution < 1.29 is 17.9 Å². The Balaban J connectivity index is 1.96. The van der Waals surface area contributed by atoms with Crippen molar-refractivity contribution in [2.75, 3.05) is 0 Å². The van der Waals surface area contributed by atoms with Gasteiger partial charge >= 0.3 is 6.18 Å². The second-order valence-corrected chi connectivity index (χ2v) is 6.04. The van der Waals surface area contributed by atoms with Crippen LogP contribution in [0.15, 0.2) is 48.5 Å². The molecule has 2 aromatic rings. The molecule has 2 rings (SSSR count). The summed E-state index contributed by atoms with van der Waals surface area (Å²) in [6.45, 7) is 6.45. The number of rotatable bonds is 6. The van der Waals surface area contributed by atoms with Crippen LogP contribution in [-0.2, 0) is 12.7 Å². The molecule has 0 aromatic heterocycles. The molecule has 24 heavy (non-hydrogen) atoms. The maximum absolute atomic E-state index is 12.6. The van der Waals surface area contributed by atoms with Crippen molar-refractivity contribution in [2.24, 2.45) is 0 Å². The Bertz CT molecular complexity index is 650. The third-order valence-electron chi connectivity index (χ3n) is 3.62. The molecule has 1 N–H and O–H groups in total. The quantitative estimate of drug-likeness (QED) is 0.768. The topological polar surface area (TPSA) is 21.3 Å². The predicted molar refractivity (Wildman–Crippen MR) is 88.9 cm³/mol. The fraction of sp³-hybridized carbons (Fsp3) is 0.368. The van der Waals surface area contributed by atoms with Crippen LogP contribution in [0.4, 0.5) is 13.2 Å². The van der Waals surface area contributed by atoms with E-state index in [2.05, 4.69) is 5.32 Å². The van der Waals surface area contributed by atoms with Gasteiger partial charge in [-0.1, -0.05) is 24.3 Å². The van der Waals surface area contributed by atoms with Crippen molar-refractivity contribution in [1.82, 2.24) is 5.32 Å². The molecular formula is C19H22F3NO. The van der Waals surface area contributed by atoms with Gasteiger partial charge in [-0.3, -0.25) is 0 Å². The SMILES string of the molecule is CC(C)Oc1cccc(C(C)NCc2ccc(C(F)(F)F)cc2)c1. The van der Waals surface area contributed by atoms with E-state index >= 15 is 0 Å². The number of hydrogen-bond acceptors (Lipinski definition) is 2. The molecule has 0 aliphatic rings. The lowest BCUT2D eigenvalue weighted by Crippen LogP contribution is -2.18. The van der Waals surface area contributed by atoms with Crippen LogP contribution >= 0.6 is 0 Å². The minimum absolute atomic E-state index is 0.0583. The van der Waals surface area contributed by atoms with Crippen LogP contribution in [0.1, 0.15) is 43.5 Å². The molecule has 0 aliphatic carbocycles. The summed E-state index contributed by atoms with van der Waals surface area (Å²) in [5.74, 6) is 0.811. The minimum atomic E-state index is -4.30. The molecule has 1 atom stereocenters. The molecular weight excluding hydrogens is 315 g/mol. The molecule has 0 fully saturated rings. The average molecular weight is 337 g/mol. The first kappa shape index (κ1) is 18.3. The lowest BCUT2D eigenvalue weighted by molar-refractivity contribution is -0.137. The Morgan fingerprint density at radius 3 is 2.25 bits per heavy atom. The number of hydrogen-bond donors (Lipinski definition) is 1. The van der Waals surface area contributed by atoms with Crippen molar-refractivity contribution in [3.8, 4) is 5.75 Å². The molecule has 0 heterocycles. The number of nitrogens with one attached hydrogen (secondary N) is 1. The molecule has 0 radical (unpaired) electrons. The lowest BCUT2D eigenvalue weighted by atomic mass is 10.1. The van der Waals surface area contributed by atoms with E-state index in [1.807, 2.05) is 45.0 Å². The summed E-state index contributed by atoms with van der Waals surface area (Å²) < 4.78 is 43.3. The normalized spacial score (nSPS) is 13.1. The van der Waals surface area contributed by atoms with E-state index in [1.165, 1.54) is 12.1 Å². The smallest absolute Gasteiger partial charge is 0.416 e. The Labute approximate surface area is 140 Å². The van der Waals surface area contributed by atoms with E-state index in [0.29, 0.717) is 6.54 Å². The zero-order valence-corrected chi connectivity index (χ0v) is 14.0. The van der Waals surface area contributed by atoms with Gasteiger partial charge in [-0.05, 0) is 56.2 Å². The van der Waals surface area contributed by atoms with Gasteiger partial charge < -0.3 is 10.1 Å². The fourth-order valence-electron chi connectivity index (χ4n) is 2.33. The predicted octanol–water partition coefficient (Wildman–Crippen LogP) is 5.34. The molecule has 2 aromatic carbocycles. The first-order chi connectivity index (χ1) is 11.3. The monoisotopic (exact) mass is 337 g/mol. The van der Waals surface area contributed by atoms with Crippen LogP contribution in [-0.4, -0.2) is 6.10 Å². The zero-order valence-electron chi connectivity index (χ0n) is 14.0. The van der Waals surface area contributed by atoms with Gasteiger partial charge in [0.2, 0.25) is 0 Å². The van der Waals surface area contributed by atoms with Gasteiger partial charge in [0.1, 0.15) is 5.75 Å². The Morgan fingerprint density at radius 2 is 1.67 bits per heavy atom. The van der Waals surface area contributed by atoms with Gasteiger partial charge in [0.25, 0.3) is 0 Å². The number of alkyl halides is 3. The summed E-state index contributed by atoms with van der Waals surface area (Å²) in [5, 5.41) is 3.32. The third kappa shape index (κ3) is 5.27. The molecule has 5 heteroatoms. The Kier molecular flexibility index (Phi) is 5.89. The molecule has 0 amide bonds. The second-order valence-electron chi connectivity index (χ2n) is 6.04. The summed E-state index contributed by atoms with van der Waals surface area (Å²) in [6.07, 6.45) is -4.19. The maximum Gasteiger partial charge on any atom is 0.416 e.